The summed E-state index contributed by atoms with van der Waals surface area (Å²) in [7, 11) is 1.91. The van der Waals surface area contributed by atoms with Crippen LogP contribution in [0, 0.1) is 0 Å². The van der Waals surface area contributed by atoms with Crippen LogP contribution in [-0.2, 0) is 20.0 Å². The van der Waals surface area contributed by atoms with Gasteiger partial charge in [-0.25, -0.2) is 0 Å². The van der Waals surface area contributed by atoms with Crippen molar-refractivity contribution in [2.24, 2.45) is 12.8 Å². The van der Waals surface area contributed by atoms with Crippen molar-refractivity contribution in [1.82, 2.24) is 9.78 Å². The van der Waals surface area contributed by atoms with Crippen LogP contribution in [0.2, 0.25) is 0 Å². The third-order valence-corrected chi connectivity index (χ3v) is 2.58. The fraction of sp³-hybridized carbons (Fsp3) is 0.308. The van der Waals surface area contributed by atoms with Gasteiger partial charge < -0.3 is 10.5 Å². The highest BCUT2D eigenvalue weighted by Gasteiger charge is 1.98. The van der Waals surface area contributed by atoms with E-state index >= 15 is 0 Å². The fourth-order valence-corrected chi connectivity index (χ4v) is 1.61. The molecule has 0 atom stereocenters. The first kappa shape index (κ1) is 11.7. The number of nitrogens with zero attached hydrogens (tertiary/aromatic N) is 2. The predicted molar refractivity (Wildman–Crippen MR) is 66.7 cm³/mol. The molecule has 4 heteroatoms. The molecule has 0 fully saturated rings. The van der Waals surface area contributed by atoms with Gasteiger partial charge in [0, 0.05) is 26.2 Å². The lowest BCUT2D eigenvalue weighted by Gasteiger charge is -2.05. The minimum atomic E-state index is 0.565. The summed E-state index contributed by atoms with van der Waals surface area (Å²) < 4.78 is 7.44. The Hall–Kier alpha value is -1.81. The maximum Gasteiger partial charge on any atom is 0.119 e. The third-order valence-electron chi connectivity index (χ3n) is 2.58. The highest BCUT2D eigenvalue weighted by atomic mass is 16.5. The molecule has 0 radical (unpaired) electrons. The van der Waals surface area contributed by atoms with Gasteiger partial charge in [-0.1, -0.05) is 12.1 Å². The van der Waals surface area contributed by atoms with E-state index in [9.17, 15) is 0 Å². The maximum absolute atomic E-state index is 5.64. The number of nitrogens with two attached hydrogens (primary N) is 1. The van der Waals surface area contributed by atoms with Gasteiger partial charge in [-0.2, -0.15) is 5.10 Å². The van der Waals surface area contributed by atoms with Crippen molar-refractivity contribution >= 4 is 0 Å². The smallest absolute Gasteiger partial charge is 0.119 e. The third kappa shape index (κ3) is 3.32. The van der Waals surface area contributed by atoms with Gasteiger partial charge in [0.15, 0.2) is 0 Å². The molecule has 0 spiro atoms. The molecule has 1 heterocycles. The summed E-state index contributed by atoms with van der Waals surface area (Å²) in [5.74, 6) is 0.881. The highest BCUT2D eigenvalue weighted by Crippen LogP contribution is 2.12. The summed E-state index contributed by atoms with van der Waals surface area (Å²) in [4.78, 5) is 0. The molecule has 2 N–H and O–H groups in total. The Labute approximate surface area is 101 Å². The first-order valence-corrected chi connectivity index (χ1v) is 5.67. The lowest BCUT2D eigenvalue weighted by molar-refractivity contribution is 0.322. The van der Waals surface area contributed by atoms with E-state index in [0.717, 1.165) is 17.7 Å². The lowest BCUT2D eigenvalue weighted by atomic mass is 10.2. The van der Waals surface area contributed by atoms with Crippen LogP contribution in [0.4, 0.5) is 0 Å². The summed E-state index contributed by atoms with van der Waals surface area (Å²) >= 11 is 0. The summed E-state index contributed by atoms with van der Waals surface area (Å²) in [6, 6.07) is 7.87. The molecular weight excluding hydrogens is 214 g/mol. The molecule has 0 bridgehead atoms. The maximum atomic E-state index is 5.64. The van der Waals surface area contributed by atoms with Crippen molar-refractivity contribution in [3.63, 3.8) is 0 Å². The van der Waals surface area contributed by atoms with Gasteiger partial charge in [-0.15, -0.1) is 0 Å². The average molecular weight is 231 g/mol. The van der Waals surface area contributed by atoms with Crippen LogP contribution in [0.25, 0.3) is 0 Å². The van der Waals surface area contributed by atoms with E-state index in [2.05, 4.69) is 5.10 Å². The zero-order valence-corrected chi connectivity index (χ0v) is 9.97. The first-order valence-electron chi connectivity index (χ1n) is 5.67. The molecule has 2 rings (SSSR count). The molecule has 90 valence electrons. The molecule has 17 heavy (non-hydrogen) atoms. The molecule has 4 nitrogen and oxygen atoms in total. The quantitative estimate of drug-likeness (QED) is 0.848. The van der Waals surface area contributed by atoms with Crippen LogP contribution in [0.3, 0.4) is 0 Å². The van der Waals surface area contributed by atoms with E-state index in [0.29, 0.717) is 13.2 Å². The molecule has 0 unspecified atom stereocenters. The van der Waals surface area contributed by atoms with Crippen molar-refractivity contribution in [3.05, 3.63) is 47.8 Å². The fourth-order valence-electron chi connectivity index (χ4n) is 1.61. The summed E-state index contributed by atoms with van der Waals surface area (Å²) in [5.41, 5.74) is 7.83. The Morgan fingerprint density at radius 1 is 1.24 bits per heavy atom. The first-order chi connectivity index (χ1) is 8.28. The van der Waals surface area contributed by atoms with Crippen LogP contribution in [0.15, 0.2) is 36.7 Å². The minimum Gasteiger partial charge on any atom is -0.493 e. The van der Waals surface area contributed by atoms with Crippen LogP contribution < -0.4 is 10.5 Å². The van der Waals surface area contributed by atoms with E-state index in [1.54, 1.807) is 4.68 Å². The SMILES string of the molecule is Cn1cc(CCOc2ccc(CN)cc2)cn1. The molecule has 2 aromatic rings. The number of benzene rings is 1. The molecule has 0 aliphatic carbocycles. The van der Waals surface area contributed by atoms with Crippen molar-refractivity contribution < 1.29 is 4.74 Å². The number of hydrogen-bond donors (Lipinski definition) is 1. The number of aryl methyl sites for hydroxylation is 1. The normalized spacial score (nSPS) is 10.5. The van der Waals surface area contributed by atoms with Gasteiger partial charge in [0.25, 0.3) is 0 Å². The molecular formula is C13H17N3O. The van der Waals surface area contributed by atoms with Crippen molar-refractivity contribution in [2.45, 2.75) is 13.0 Å². The van der Waals surface area contributed by atoms with Crippen LogP contribution in [0.5, 0.6) is 5.75 Å². The van der Waals surface area contributed by atoms with E-state index in [-0.39, 0.29) is 0 Å². The molecule has 1 aromatic carbocycles. The Kier molecular flexibility index (Phi) is 3.77. The average Bonchev–Trinajstić information content (AvgIpc) is 2.76. The Morgan fingerprint density at radius 3 is 2.59 bits per heavy atom. The van der Waals surface area contributed by atoms with E-state index in [1.807, 2.05) is 43.7 Å². The molecule has 1 aromatic heterocycles. The minimum absolute atomic E-state index is 0.565. The van der Waals surface area contributed by atoms with E-state index in [4.69, 9.17) is 10.5 Å². The molecule has 0 saturated heterocycles. The van der Waals surface area contributed by atoms with Crippen molar-refractivity contribution in [3.8, 4) is 5.75 Å². The Bertz CT molecular complexity index is 462. The van der Waals surface area contributed by atoms with Crippen LogP contribution in [0.1, 0.15) is 11.1 Å². The topological polar surface area (TPSA) is 53.1 Å². The number of hydrogen-bond acceptors (Lipinski definition) is 3. The van der Waals surface area contributed by atoms with Crippen molar-refractivity contribution in [2.75, 3.05) is 6.61 Å². The Balaban J connectivity index is 1.81. The highest BCUT2D eigenvalue weighted by molar-refractivity contribution is 5.27. The second-order valence-electron chi connectivity index (χ2n) is 3.97. The molecule has 0 aliphatic heterocycles. The van der Waals surface area contributed by atoms with Crippen LogP contribution in [-0.4, -0.2) is 16.4 Å². The predicted octanol–water partition coefficient (Wildman–Crippen LogP) is 1.50. The van der Waals surface area contributed by atoms with Gasteiger partial charge in [0.1, 0.15) is 5.75 Å². The van der Waals surface area contributed by atoms with Gasteiger partial charge in [-0.05, 0) is 23.3 Å². The van der Waals surface area contributed by atoms with Crippen molar-refractivity contribution in [1.29, 1.82) is 0 Å². The van der Waals surface area contributed by atoms with Crippen LogP contribution >= 0.6 is 0 Å². The summed E-state index contributed by atoms with van der Waals surface area (Å²) in [6.07, 6.45) is 4.73. The molecule has 0 aliphatic rings. The number of ether oxygens (including phenoxy) is 1. The van der Waals surface area contributed by atoms with E-state index in [1.165, 1.54) is 5.56 Å². The van der Waals surface area contributed by atoms with E-state index < -0.39 is 0 Å². The van der Waals surface area contributed by atoms with Gasteiger partial charge in [0.05, 0.1) is 12.8 Å². The largest absolute Gasteiger partial charge is 0.493 e. The lowest BCUT2D eigenvalue weighted by Crippen LogP contribution is -2.01. The molecule has 0 saturated carbocycles. The standard InChI is InChI=1S/C13H17N3O/c1-16-10-12(9-15-16)6-7-17-13-4-2-11(8-14)3-5-13/h2-5,9-10H,6-8,14H2,1H3. The van der Waals surface area contributed by atoms with Gasteiger partial charge in [0.2, 0.25) is 0 Å². The summed E-state index contributed by atoms with van der Waals surface area (Å²) in [6.45, 7) is 1.23. The zero-order valence-electron chi connectivity index (χ0n) is 9.97. The zero-order chi connectivity index (χ0) is 12.1. The molecule has 0 amide bonds. The second-order valence-corrected chi connectivity index (χ2v) is 3.97. The number of aromatic nitrogens is 2. The monoisotopic (exact) mass is 231 g/mol. The number of rotatable bonds is 5. The summed E-state index contributed by atoms with van der Waals surface area (Å²) in [5, 5.41) is 4.11. The second kappa shape index (κ2) is 5.50. The van der Waals surface area contributed by atoms with Gasteiger partial charge in [-0.3, -0.25) is 4.68 Å². The Morgan fingerprint density at radius 2 is 2.00 bits per heavy atom. The van der Waals surface area contributed by atoms with Gasteiger partial charge >= 0.3 is 0 Å².